The first-order valence-electron chi connectivity index (χ1n) is 8.46. The van der Waals surface area contributed by atoms with Crippen LogP contribution in [0.2, 0.25) is 0 Å². The summed E-state index contributed by atoms with van der Waals surface area (Å²) in [5.74, 6) is 1.06. The van der Waals surface area contributed by atoms with E-state index < -0.39 is 5.60 Å². The Morgan fingerprint density at radius 2 is 1.84 bits per heavy atom. The standard InChI is InChI=1S/C18H24N4O3/c1-13-19-16(25-20-13)14-4-6-15(7-5-14)17(23)22-10-8-21(9-11-22)12-18(2,3)24/h4-7,24H,8-12H2,1-3H3. The monoisotopic (exact) mass is 344 g/mol. The molecule has 0 radical (unpaired) electrons. The molecule has 1 saturated heterocycles. The summed E-state index contributed by atoms with van der Waals surface area (Å²) in [6.07, 6.45) is 0. The lowest BCUT2D eigenvalue weighted by molar-refractivity contribution is 0.0178. The van der Waals surface area contributed by atoms with E-state index in [1.807, 2.05) is 17.0 Å². The van der Waals surface area contributed by atoms with E-state index in [9.17, 15) is 9.90 Å². The van der Waals surface area contributed by atoms with E-state index in [0.29, 0.717) is 36.9 Å². The maximum atomic E-state index is 12.7. The number of hydrogen-bond acceptors (Lipinski definition) is 6. The van der Waals surface area contributed by atoms with Crippen LogP contribution in [-0.2, 0) is 0 Å². The van der Waals surface area contributed by atoms with Gasteiger partial charge in [-0.25, -0.2) is 0 Å². The number of amides is 1. The Hall–Kier alpha value is -2.25. The maximum absolute atomic E-state index is 12.7. The van der Waals surface area contributed by atoms with Crippen molar-refractivity contribution in [1.82, 2.24) is 19.9 Å². The van der Waals surface area contributed by atoms with Gasteiger partial charge < -0.3 is 14.5 Å². The van der Waals surface area contributed by atoms with E-state index in [1.165, 1.54) is 0 Å². The minimum Gasteiger partial charge on any atom is -0.389 e. The maximum Gasteiger partial charge on any atom is 0.257 e. The number of carbonyl (C=O) groups is 1. The zero-order valence-electron chi connectivity index (χ0n) is 14.9. The molecule has 0 spiro atoms. The molecule has 1 aromatic heterocycles. The Balaban J connectivity index is 1.60. The number of aliphatic hydroxyl groups is 1. The summed E-state index contributed by atoms with van der Waals surface area (Å²) in [6, 6.07) is 7.23. The van der Waals surface area contributed by atoms with Crippen molar-refractivity contribution in [2.45, 2.75) is 26.4 Å². The minimum atomic E-state index is -0.713. The summed E-state index contributed by atoms with van der Waals surface area (Å²) in [7, 11) is 0. The second kappa shape index (κ2) is 6.93. The smallest absolute Gasteiger partial charge is 0.257 e. The van der Waals surface area contributed by atoms with E-state index in [1.54, 1.807) is 32.9 Å². The fraction of sp³-hybridized carbons (Fsp3) is 0.500. The Labute approximate surface area is 147 Å². The number of aryl methyl sites for hydroxylation is 1. The number of rotatable bonds is 4. The molecule has 25 heavy (non-hydrogen) atoms. The lowest BCUT2D eigenvalue weighted by atomic mass is 10.1. The normalized spacial score (nSPS) is 16.2. The highest BCUT2D eigenvalue weighted by Gasteiger charge is 2.25. The molecule has 3 rings (SSSR count). The molecule has 2 aromatic rings. The number of benzene rings is 1. The number of aromatic nitrogens is 2. The van der Waals surface area contributed by atoms with E-state index in [2.05, 4.69) is 15.0 Å². The van der Waals surface area contributed by atoms with Gasteiger partial charge in [-0.15, -0.1) is 0 Å². The van der Waals surface area contributed by atoms with Gasteiger partial charge in [0.2, 0.25) is 0 Å². The molecule has 7 heteroatoms. The van der Waals surface area contributed by atoms with Crippen LogP contribution in [-0.4, -0.2) is 69.3 Å². The molecular weight excluding hydrogens is 320 g/mol. The number of nitrogens with zero attached hydrogens (tertiary/aromatic N) is 4. The molecule has 134 valence electrons. The second-order valence-electron chi connectivity index (χ2n) is 7.10. The third-order valence-corrected chi connectivity index (χ3v) is 4.18. The van der Waals surface area contributed by atoms with Crippen molar-refractivity contribution in [2.24, 2.45) is 0 Å². The van der Waals surface area contributed by atoms with Crippen LogP contribution in [0.15, 0.2) is 28.8 Å². The van der Waals surface area contributed by atoms with Gasteiger partial charge in [0, 0.05) is 43.9 Å². The van der Waals surface area contributed by atoms with Crippen molar-refractivity contribution in [1.29, 1.82) is 0 Å². The summed E-state index contributed by atoms with van der Waals surface area (Å²) >= 11 is 0. The van der Waals surface area contributed by atoms with Gasteiger partial charge in [0.15, 0.2) is 5.82 Å². The van der Waals surface area contributed by atoms with E-state index in [0.717, 1.165) is 18.7 Å². The molecule has 0 saturated carbocycles. The molecule has 7 nitrogen and oxygen atoms in total. The highest BCUT2D eigenvalue weighted by Crippen LogP contribution is 2.19. The first-order chi connectivity index (χ1) is 11.8. The topological polar surface area (TPSA) is 82.7 Å². The van der Waals surface area contributed by atoms with Crippen molar-refractivity contribution in [3.63, 3.8) is 0 Å². The zero-order chi connectivity index (χ0) is 18.0. The quantitative estimate of drug-likeness (QED) is 0.907. The van der Waals surface area contributed by atoms with Crippen LogP contribution in [0.3, 0.4) is 0 Å². The Kier molecular flexibility index (Phi) is 4.87. The highest BCUT2D eigenvalue weighted by atomic mass is 16.5. The Morgan fingerprint density at radius 1 is 1.20 bits per heavy atom. The molecule has 1 aliphatic rings. The summed E-state index contributed by atoms with van der Waals surface area (Å²) in [6.45, 7) is 8.87. The first-order valence-corrected chi connectivity index (χ1v) is 8.46. The predicted octanol–water partition coefficient (Wildman–Crippen LogP) is 1.57. The van der Waals surface area contributed by atoms with Crippen LogP contribution in [0.4, 0.5) is 0 Å². The van der Waals surface area contributed by atoms with Crippen molar-refractivity contribution in [3.8, 4) is 11.5 Å². The molecule has 1 fully saturated rings. The van der Waals surface area contributed by atoms with Gasteiger partial charge in [0.1, 0.15) is 0 Å². The van der Waals surface area contributed by atoms with Gasteiger partial charge in [0.25, 0.3) is 11.8 Å². The highest BCUT2D eigenvalue weighted by molar-refractivity contribution is 5.94. The molecule has 0 unspecified atom stereocenters. The Morgan fingerprint density at radius 3 is 2.36 bits per heavy atom. The third-order valence-electron chi connectivity index (χ3n) is 4.18. The van der Waals surface area contributed by atoms with Crippen LogP contribution in [0.25, 0.3) is 11.5 Å². The van der Waals surface area contributed by atoms with E-state index >= 15 is 0 Å². The van der Waals surface area contributed by atoms with Gasteiger partial charge in [-0.3, -0.25) is 9.69 Å². The van der Waals surface area contributed by atoms with Crippen molar-refractivity contribution in [2.75, 3.05) is 32.7 Å². The summed E-state index contributed by atoms with van der Waals surface area (Å²) in [5, 5.41) is 13.7. The lowest BCUT2D eigenvalue weighted by Gasteiger charge is -2.37. The summed E-state index contributed by atoms with van der Waals surface area (Å²) in [4.78, 5) is 20.9. The molecule has 1 N–H and O–H groups in total. The molecule has 1 amide bonds. The third kappa shape index (κ3) is 4.43. The van der Waals surface area contributed by atoms with Crippen molar-refractivity contribution >= 4 is 5.91 Å². The molecule has 0 atom stereocenters. The zero-order valence-corrected chi connectivity index (χ0v) is 14.9. The molecule has 0 aliphatic carbocycles. The SMILES string of the molecule is Cc1noc(-c2ccc(C(=O)N3CCN(CC(C)(C)O)CC3)cc2)n1. The first kappa shape index (κ1) is 17.6. The average Bonchev–Trinajstić information content (AvgIpc) is 3.00. The molecule has 0 bridgehead atoms. The number of β-amino-alcohol motifs (C(OH)–C–C–N with tert-alkyl or cyclic N) is 1. The fourth-order valence-corrected chi connectivity index (χ4v) is 3.01. The van der Waals surface area contributed by atoms with Gasteiger partial charge in [-0.1, -0.05) is 5.16 Å². The lowest BCUT2D eigenvalue weighted by Crippen LogP contribution is -2.51. The molecule has 1 aliphatic heterocycles. The van der Waals surface area contributed by atoms with Crippen LogP contribution in [0.1, 0.15) is 30.0 Å². The largest absolute Gasteiger partial charge is 0.389 e. The summed E-state index contributed by atoms with van der Waals surface area (Å²) < 4.78 is 5.14. The van der Waals surface area contributed by atoms with Gasteiger partial charge in [-0.2, -0.15) is 4.98 Å². The molecule has 1 aromatic carbocycles. The van der Waals surface area contributed by atoms with E-state index in [4.69, 9.17) is 4.52 Å². The summed E-state index contributed by atoms with van der Waals surface area (Å²) in [5.41, 5.74) is 0.734. The predicted molar refractivity (Wildman–Crippen MR) is 93.1 cm³/mol. The van der Waals surface area contributed by atoms with Crippen molar-refractivity contribution in [3.05, 3.63) is 35.7 Å². The van der Waals surface area contributed by atoms with Crippen molar-refractivity contribution < 1.29 is 14.4 Å². The number of carbonyl (C=O) groups excluding carboxylic acids is 1. The van der Waals surface area contributed by atoms with Crippen LogP contribution < -0.4 is 0 Å². The molecular formula is C18H24N4O3. The second-order valence-corrected chi connectivity index (χ2v) is 7.10. The minimum absolute atomic E-state index is 0.0242. The van der Waals surface area contributed by atoms with Gasteiger partial charge in [0.05, 0.1) is 5.60 Å². The van der Waals surface area contributed by atoms with E-state index in [-0.39, 0.29) is 5.91 Å². The van der Waals surface area contributed by atoms with Crippen LogP contribution in [0, 0.1) is 6.92 Å². The number of piperazine rings is 1. The van der Waals surface area contributed by atoms with Crippen LogP contribution in [0.5, 0.6) is 0 Å². The van der Waals surface area contributed by atoms with Gasteiger partial charge >= 0.3 is 0 Å². The Bertz CT molecular complexity index is 726. The number of hydrogen-bond donors (Lipinski definition) is 1. The van der Waals surface area contributed by atoms with Crippen LogP contribution >= 0.6 is 0 Å². The average molecular weight is 344 g/mol. The van der Waals surface area contributed by atoms with Gasteiger partial charge in [-0.05, 0) is 45.0 Å². The molecule has 2 heterocycles. The fourth-order valence-electron chi connectivity index (χ4n) is 3.01.